The Morgan fingerprint density at radius 3 is 2.95 bits per heavy atom. The summed E-state index contributed by atoms with van der Waals surface area (Å²) in [6, 6.07) is 6.47. The van der Waals surface area contributed by atoms with Crippen LogP contribution in [0.5, 0.6) is 0 Å². The summed E-state index contributed by atoms with van der Waals surface area (Å²) in [5.41, 5.74) is 1.73. The normalized spacial score (nSPS) is 25.0. The fraction of sp³-hybridized carbons (Fsp3) is 0.533. The van der Waals surface area contributed by atoms with Gasteiger partial charge < -0.3 is 4.42 Å². The highest BCUT2D eigenvalue weighted by Gasteiger charge is 2.34. The minimum absolute atomic E-state index is 0.451. The minimum atomic E-state index is 0.451. The van der Waals surface area contributed by atoms with Crippen molar-refractivity contribution in [2.45, 2.75) is 37.6 Å². The molecule has 2 heterocycles. The number of hydrogen-bond donors (Lipinski definition) is 0. The van der Waals surface area contributed by atoms with Crippen LogP contribution in [0, 0.1) is 0 Å². The van der Waals surface area contributed by atoms with Crippen molar-refractivity contribution in [3.8, 4) is 0 Å². The van der Waals surface area contributed by atoms with Gasteiger partial charge in [0.15, 0.2) is 11.5 Å². The van der Waals surface area contributed by atoms with Crippen molar-refractivity contribution in [1.82, 2.24) is 9.88 Å². The first kappa shape index (κ1) is 11.7. The van der Waals surface area contributed by atoms with Gasteiger partial charge in [-0.2, -0.15) is 0 Å². The molecule has 19 heavy (non-hydrogen) atoms. The zero-order valence-electron chi connectivity index (χ0n) is 10.8. The second kappa shape index (κ2) is 4.50. The molecule has 4 heteroatoms. The van der Waals surface area contributed by atoms with Gasteiger partial charge in [-0.15, -0.1) is 0 Å². The van der Waals surface area contributed by atoms with Gasteiger partial charge in [-0.1, -0.05) is 18.0 Å². The Kier molecular flexibility index (Phi) is 2.78. The number of oxazole rings is 1. The van der Waals surface area contributed by atoms with Crippen molar-refractivity contribution in [3.05, 3.63) is 29.1 Å². The molecule has 0 amide bonds. The molecule has 100 valence electrons. The Hall–Kier alpha value is -1.06. The lowest BCUT2D eigenvalue weighted by molar-refractivity contribution is 0.156. The van der Waals surface area contributed by atoms with E-state index in [-0.39, 0.29) is 0 Å². The molecule has 1 unspecified atom stereocenters. The molecule has 1 saturated heterocycles. The number of likely N-dealkylation sites (tertiary alicyclic amines) is 1. The van der Waals surface area contributed by atoms with Gasteiger partial charge >= 0.3 is 0 Å². The van der Waals surface area contributed by atoms with E-state index in [1.165, 1.54) is 25.8 Å². The smallest absolute Gasteiger partial charge is 0.199 e. The van der Waals surface area contributed by atoms with Crippen LogP contribution in [0.1, 0.15) is 37.5 Å². The summed E-state index contributed by atoms with van der Waals surface area (Å²) in [5, 5.41) is 0.717. The Morgan fingerprint density at radius 1 is 1.26 bits per heavy atom. The summed E-state index contributed by atoms with van der Waals surface area (Å²) < 4.78 is 5.89. The van der Waals surface area contributed by atoms with Crippen LogP contribution in [0.15, 0.2) is 22.6 Å². The predicted octanol–water partition coefficient (Wildman–Crippen LogP) is 3.82. The maximum Gasteiger partial charge on any atom is 0.199 e. The lowest BCUT2D eigenvalue weighted by Crippen LogP contribution is -2.38. The molecule has 1 saturated carbocycles. The maximum absolute atomic E-state index is 5.99. The van der Waals surface area contributed by atoms with Crippen LogP contribution in [0.25, 0.3) is 11.1 Å². The SMILES string of the molecule is Clc1ccc2oc(C3CCN(C4CCC4)C3)nc2c1. The molecule has 1 atom stereocenters. The van der Waals surface area contributed by atoms with Crippen LogP contribution >= 0.6 is 11.6 Å². The number of hydrogen-bond acceptors (Lipinski definition) is 3. The first-order chi connectivity index (χ1) is 9.29. The van der Waals surface area contributed by atoms with Gasteiger partial charge in [0.1, 0.15) is 5.52 Å². The van der Waals surface area contributed by atoms with Crippen LogP contribution in [-0.4, -0.2) is 29.0 Å². The van der Waals surface area contributed by atoms with E-state index in [1.807, 2.05) is 18.2 Å². The number of benzene rings is 1. The van der Waals surface area contributed by atoms with Gasteiger partial charge in [0.25, 0.3) is 0 Å². The second-order valence-corrected chi connectivity index (χ2v) is 6.17. The molecule has 0 spiro atoms. The van der Waals surface area contributed by atoms with Gasteiger partial charge in [0.05, 0.1) is 0 Å². The third-order valence-corrected chi connectivity index (χ3v) is 4.76. The van der Waals surface area contributed by atoms with Crippen LogP contribution < -0.4 is 0 Å². The highest BCUT2D eigenvalue weighted by molar-refractivity contribution is 6.31. The molecule has 1 aromatic carbocycles. The van der Waals surface area contributed by atoms with Crippen molar-refractivity contribution < 1.29 is 4.42 Å². The summed E-state index contributed by atoms with van der Waals surface area (Å²) in [6.07, 6.45) is 5.30. The van der Waals surface area contributed by atoms with Crippen LogP contribution in [0.2, 0.25) is 5.02 Å². The van der Waals surface area contributed by atoms with Gasteiger partial charge in [-0.05, 0) is 44.0 Å². The second-order valence-electron chi connectivity index (χ2n) is 5.73. The third kappa shape index (κ3) is 2.05. The molecular weight excluding hydrogens is 260 g/mol. The largest absolute Gasteiger partial charge is 0.440 e. The molecule has 1 aromatic heterocycles. The third-order valence-electron chi connectivity index (χ3n) is 4.53. The van der Waals surface area contributed by atoms with E-state index in [9.17, 15) is 0 Å². The van der Waals surface area contributed by atoms with E-state index in [2.05, 4.69) is 9.88 Å². The molecule has 0 radical (unpaired) electrons. The molecule has 0 bridgehead atoms. The molecule has 1 aliphatic heterocycles. The first-order valence-corrected chi connectivity index (χ1v) is 7.47. The number of aromatic nitrogens is 1. The van der Waals surface area contributed by atoms with Gasteiger partial charge in [-0.3, -0.25) is 4.90 Å². The topological polar surface area (TPSA) is 29.3 Å². The molecule has 3 nitrogen and oxygen atoms in total. The summed E-state index contributed by atoms with van der Waals surface area (Å²) in [4.78, 5) is 7.22. The minimum Gasteiger partial charge on any atom is -0.440 e. The molecule has 1 aliphatic carbocycles. The Labute approximate surface area is 117 Å². The zero-order chi connectivity index (χ0) is 12.8. The molecular formula is C15H17ClN2O. The van der Waals surface area contributed by atoms with E-state index in [4.69, 9.17) is 16.0 Å². The van der Waals surface area contributed by atoms with Crippen molar-refractivity contribution in [2.24, 2.45) is 0 Å². The number of nitrogens with zero attached hydrogens (tertiary/aromatic N) is 2. The standard InChI is InChI=1S/C15H17ClN2O/c16-11-4-5-14-13(8-11)17-15(19-14)10-6-7-18(9-10)12-2-1-3-12/h4-5,8,10,12H,1-3,6-7,9H2. The number of rotatable bonds is 2. The van der Waals surface area contributed by atoms with Crippen LogP contribution in [0.3, 0.4) is 0 Å². The van der Waals surface area contributed by atoms with Crippen molar-refractivity contribution in [2.75, 3.05) is 13.1 Å². The summed E-state index contributed by atoms with van der Waals surface area (Å²) >= 11 is 5.99. The average molecular weight is 277 g/mol. The maximum atomic E-state index is 5.99. The van der Waals surface area contributed by atoms with Gasteiger partial charge in [0, 0.05) is 23.5 Å². The molecule has 0 N–H and O–H groups in total. The Bertz CT molecular complexity index is 605. The highest BCUT2D eigenvalue weighted by Crippen LogP contribution is 2.35. The van der Waals surface area contributed by atoms with Gasteiger partial charge in [0.2, 0.25) is 0 Å². The summed E-state index contributed by atoms with van der Waals surface area (Å²) in [6.45, 7) is 2.29. The zero-order valence-corrected chi connectivity index (χ0v) is 11.6. The fourth-order valence-corrected chi connectivity index (χ4v) is 3.33. The predicted molar refractivity (Wildman–Crippen MR) is 75.6 cm³/mol. The van der Waals surface area contributed by atoms with E-state index >= 15 is 0 Å². The number of halogens is 1. The van der Waals surface area contributed by atoms with E-state index in [0.717, 1.165) is 41.0 Å². The first-order valence-electron chi connectivity index (χ1n) is 7.09. The summed E-state index contributed by atoms with van der Waals surface area (Å²) in [7, 11) is 0. The van der Waals surface area contributed by atoms with Gasteiger partial charge in [-0.25, -0.2) is 4.98 Å². The van der Waals surface area contributed by atoms with Crippen molar-refractivity contribution >= 4 is 22.7 Å². The quantitative estimate of drug-likeness (QED) is 0.835. The Balaban J connectivity index is 1.57. The molecule has 2 aliphatic rings. The monoisotopic (exact) mass is 276 g/mol. The van der Waals surface area contributed by atoms with Crippen LogP contribution in [-0.2, 0) is 0 Å². The molecule has 2 fully saturated rings. The van der Waals surface area contributed by atoms with E-state index < -0.39 is 0 Å². The highest BCUT2D eigenvalue weighted by atomic mass is 35.5. The fourth-order valence-electron chi connectivity index (χ4n) is 3.17. The molecule has 2 aromatic rings. The van der Waals surface area contributed by atoms with E-state index in [0.29, 0.717) is 5.92 Å². The Morgan fingerprint density at radius 2 is 2.16 bits per heavy atom. The van der Waals surface area contributed by atoms with E-state index in [1.54, 1.807) is 0 Å². The van der Waals surface area contributed by atoms with Crippen molar-refractivity contribution in [1.29, 1.82) is 0 Å². The van der Waals surface area contributed by atoms with Crippen LogP contribution in [0.4, 0.5) is 0 Å². The lowest BCUT2D eigenvalue weighted by Gasteiger charge is -2.34. The lowest BCUT2D eigenvalue weighted by atomic mass is 9.92. The van der Waals surface area contributed by atoms with Crippen molar-refractivity contribution in [3.63, 3.8) is 0 Å². The number of fused-ring (bicyclic) bond motifs is 1. The summed E-state index contributed by atoms with van der Waals surface area (Å²) in [5.74, 6) is 1.34. The molecule has 4 rings (SSSR count). The average Bonchev–Trinajstić information content (AvgIpc) is 2.92.